The van der Waals surface area contributed by atoms with Crippen LogP contribution in [0.3, 0.4) is 0 Å². The minimum absolute atomic E-state index is 0.346. The molecule has 1 N–H and O–H groups in total. The summed E-state index contributed by atoms with van der Waals surface area (Å²) in [7, 11) is 0. The van der Waals surface area contributed by atoms with Crippen LogP contribution < -0.4 is 0 Å². The van der Waals surface area contributed by atoms with E-state index < -0.39 is 5.60 Å². The molecule has 0 radical (unpaired) electrons. The molecule has 3 rings (SSSR count). The van der Waals surface area contributed by atoms with Crippen molar-refractivity contribution >= 4 is 21.4 Å². The molecule has 2 aromatic carbocycles. The lowest BCUT2D eigenvalue weighted by molar-refractivity contribution is 0.0295. The van der Waals surface area contributed by atoms with Gasteiger partial charge in [0.05, 0.1) is 5.60 Å². The van der Waals surface area contributed by atoms with Crippen LogP contribution in [0.5, 0.6) is 0 Å². The number of thiophene rings is 1. The van der Waals surface area contributed by atoms with E-state index in [0.717, 1.165) is 10.9 Å². The summed E-state index contributed by atoms with van der Waals surface area (Å²) in [6, 6.07) is 14.6. The SMILES string of the molecule is CCC(O)(Cc1csc2ccccc12)c1ccccc1F. The molecule has 0 aliphatic heterocycles. The van der Waals surface area contributed by atoms with Crippen LogP contribution in [0.25, 0.3) is 10.1 Å². The largest absolute Gasteiger partial charge is 0.385 e. The van der Waals surface area contributed by atoms with E-state index in [9.17, 15) is 9.50 Å². The lowest BCUT2D eigenvalue weighted by Crippen LogP contribution is -2.28. The first-order valence-electron chi connectivity index (χ1n) is 7.06. The van der Waals surface area contributed by atoms with Gasteiger partial charge in [-0.1, -0.05) is 43.3 Å². The van der Waals surface area contributed by atoms with E-state index in [1.54, 1.807) is 29.5 Å². The van der Waals surface area contributed by atoms with Crippen LogP contribution in [0.15, 0.2) is 53.9 Å². The van der Waals surface area contributed by atoms with E-state index in [1.807, 2.05) is 19.1 Å². The summed E-state index contributed by atoms with van der Waals surface area (Å²) in [6.07, 6.45) is 0.895. The highest BCUT2D eigenvalue weighted by atomic mass is 32.1. The standard InChI is InChI=1S/C18H17FOS/c1-2-18(20,15-8-4-5-9-16(15)19)11-13-12-21-17-10-6-3-7-14(13)17/h3-10,12,20H,2,11H2,1H3. The van der Waals surface area contributed by atoms with Crippen LogP contribution in [0, 0.1) is 5.82 Å². The zero-order valence-electron chi connectivity index (χ0n) is 11.8. The Morgan fingerprint density at radius 1 is 1.10 bits per heavy atom. The quantitative estimate of drug-likeness (QED) is 0.728. The first-order valence-corrected chi connectivity index (χ1v) is 7.94. The molecule has 3 aromatic rings. The van der Waals surface area contributed by atoms with Crippen molar-refractivity contribution in [3.8, 4) is 0 Å². The molecule has 21 heavy (non-hydrogen) atoms. The summed E-state index contributed by atoms with van der Waals surface area (Å²) in [5.74, 6) is -0.346. The molecule has 1 aromatic heterocycles. The van der Waals surface area contributed by atoms with E-state index in [4.69, 9.17) is 0 Å². The van der Waals surface area contributed by atoms with Crippen molar-refractivity contribution in [1.29, 1.82) is 0 Å². The molecule has 0 fully saturated rings. The van der Waals surface area contributed by atoms with Crippen LogP contribution in [0.4, 0.5) is 4.39 Å². The third kappa shape index (κ3) is 2.59. The lowest BCUT2D eigenvalue weighted by atomic mass is 9.84. The molecule has 0 aliphatic rings. The fourth-order valence-corrected chi connectivity index (χ4v) is 3.70. The second-order valence-electron chi connectivity index (χ2n) is 5.30. The third-order valence-electron chi connectivity index (χ3n) is 4.00. The number of rotatable bonds is 4. The molecule has 1 atom stereocenters. The van der Waals surface area contributed by atoms with Crippen molar-refractivity contribution in [2.45, 2.75) is 25.4 Å². The zero-order valence-corrected chi connectivity index (χ0v) is 12.7. The number of halogens is 1. The fourth-order valence-electron chi connectivity index (χ4n) is 2.73. The van der Waals surface area contributed by atoms with Gasteiger partial charge in [-0.3, -0.25) is 0 Å². The number of aliphatic hydroxyl groups is 1. The molecule has 0 saturated carbocycles. The van der Waals surface area contributed by atoms with E-state index >= 15 is 0 Å². The molecule has 1 heterocycles. The van der Waals surface area contributed by atoms with E-state index in [2.05, 4.69) is 17.5 Å². The molecule has 3 heteroatoms. The summed E-state index contributed by atoms with van der Waals surface area (Å²) in [6.45, 7) is 1.89. The Labute approximate surface area is 127 Å². The van der Waals surface area contributed by atoms with E-state index in [-0.39, 0.29) is 5.82 Å². The van der Waals surface area contributed by atoms with Crippen molar-refractivity contribution in [3.63, 3.8) is 0 Å². The molecule has 0 saturated heterocycles. The number of benzene rings is 2. The van der Waals surface area contributed by atoms with Crippen LogP contribution in [-0.2, 0) is 12.0 Å². The summed E-state index contributed by atoms with van der Waals surface area (Å²) >= 11 is 1.66. The summed E-state index contributed by atoms with van der Waals surface area (Å²) < 4.78 is 15.3. The highest BCUT2D eigenvalue weighted by Crippen LogP contribution is 2.35. The Kier molecular flexibility index (Phi) is 3.79. The highest BCUT2D eigenvalue weighted by Gasteiger charge is 2.31. The molecule has 1 nitrogen and oxygen atoms in total. The van der Waals surface area contributed by atoms with Gasteiger partial charge in [0, 0.05) is 16.7 Å². The van der Waals surface area contributed by atoms with E-state index in [1.165, 1.54) is 10.8 Å². The number of fused-ring (bicyclic) bond motifs is 1. The predicted octanol–water partition coefficient (Wildman–Crippen LogP) is 4.88. The summed E-state index contributed by atoms with van der Waals surface area (Å²) in [4.78, 5) is 0. The van der Waals surface area contributed by atoms with Gasteiger partial charge in [0.1, 0.15) is 5.82 Å². The number of hydrogen-bond donors (Lipinski definition) is 1. The van der Waals surface area contributed by atoms with Crippen LogP contribution >= 0.6 is 11.3 Å². The van der Waals surface area contributed by atoms with Crippen LogP contribution in [0.1, 0.15) is 24.5 Å². The molecule has 0 amide bonds. The van der Waals surface area contributed by atoms with Gasteiger partial charge in [0.25, 0.3) is 0 Å². The monoisotopic (exact) mass is 300 g/mol. The second kappa shape index (κ2) is 5.58. The van der Waals surface area contributed by atoms with Gasteiger partial charge < -0.3 is 5.11 Å². The molecular formula is C18H17FOS. The van der Waals surface area contributed by atoms with Gasteiger partial charge in [0.2, 0.25) is 0 Å². The van der Waals surface area contributed by atoms with Crippen molar-refractivity contribution in [2.24, 2.45) is 0 Å². The molecule has 0 aliphatic carbocycles. The van der Waals surface area contributed by atoms with Gasteiger partial charge in [-0.15, -0.1) is 11.3 Å². The van der Waals surface area contributed by atoms with Crippen LogP contribution in [0.2, 0.25) is 0 Å². The average Bonchev–Trinajstić information content (AvgIpc) is 2.91. The molecule has 1 unspecified atom stereocenters. The number of hydrogen-bond acceptors (Lipinski definition) is 2. The molecule has 0 spiro atoms. The Balaban J connectivity index is 2.03. The van der Waals surface area contributed by atoms with Crippen LogP contribution in [-0.4, -0.2) is 5.11 Å². The predicted molar refractivity (Wildman–Crippen MR) is 86.1 cm³/mol. The molecule has 108 valence electrons. The minimum atomic E-state index is -1.17. The minimum Gasteiger partial charge on any atom is -0.385 e. The third-order valence-corrected chi connectivity index (χ3v) is 5.02. The van der Waals surface area contributed by atoms with Gasteiger partial charge in [-0.25, -0.2) is 4.39 Å². The Morgan fingerprint density at radius 3 is 2.57 bits per heavy atom. The van der Waals surface area contributed by atoms with Gasteiger partial charge in [0.15, 0.2) is 0 Å². The Bertz CT molecular complexity index is 765. The first kappa shape index (κ1) is 14.2. The smallest absolute Gasteiger partial charge is 0.129 e. The normalized spacial score (nSPS) is 14.2. The second-order valence-corrected chi connectivity index (χ2v) is 6.21. The van der Waals surface area contributed by atoms with Crippen molar-refractivity contribution in [3.05, 3.63) is 70.9 Å². The maximum atomic E-state index is 14.1. The lowest BCUT2D eigenvalue weighted by Gasteiger charge is -2.27. The first-order chi connectivity index (χ1) is 10.1. The molecule has 0 bridgehead atoms. The summed E-state index contributed by atoms with van der Waals surface area (Å²) in [5.41, 5.74) is 0.279. The topological polar surface area (TPSA) is 20.2 Å². The zero-order chi connectivity index (χ0) is 14.9. The fraction of sp³-hybridized carbons (Fsp3) is 0.222. The van der Waals surface area contributed by atoms with Crippen molar-refractivity contribution in [1.82, 2.24) is 0 Å². The maximum absolute atomic E-state index is 14.1. The summed E-state index contributed by atoms with van der Waals surface area (Å²) in [5, 5.41) is 14.2. The van der Waals surface area contributed by atoms with E-state index in [0.29, 0.717) is 18.4 Å². The van der Waals surface area contributed by atoms with Gasteiger partial charge >= 0.3 is 0 Å². The Hall–Kier alpha value is -1.71. The van der Waals surface area contributed by atoms with Crippen molar-refractivity contribution < 1.29 is 9.50 Å². The van der Waals surface area contributed by atoms with Crippen molar-refractivity contribution in [2.75, 3.05) is 0 Å². The van der Waals surface area contributed by atoms with Gasteiger partial charge in [-0.05, 0) is 34.9 Å². The van der Waals surface area contributed by atoms with Gasteiger partial charge in [-0.2, -0.15) is 0 Å². The molecular weight excluding hydrogens is 283 g/mol. The maximum Gasteiger partial charge on any atom is 0.129 e. The average molecular weight is 300 g/mol. The Morgan fingerprint density at radius 2 is 1.81 bits per heavy atom. The highest BCUT2D eigenvalue weighted by molar-refractivity contribution is 7.17.